The van der Waals surface area contributed by atoms with Crippen LogP contribution in [-0.2, 0) is 0 Å². The van der Waals surface area contributed by atoms with Gasteiger partial charge in [0.2, 0.25) is 0 Å². The Hall–Kier alpha value is -2.67. The Morgan fingerprint density at radius 2 is 2.11 bits per heavy atom. The number of nitriles is 1. The summed E-state index contributed by atoms with van der Waals surface area (Å²) >= 11 is 0. The number of pyridine rings is 1. The fraction of sp³-hybridized carbons (Fsp3) is 0.0714. The highest BCUT2D eigenvalue weighted by molar-refractivity contribution is 5.89. The summed E-state index contributed by atoms with van der Waals surface area (Å²) in [7, 11) is 0. The second-order valence-corrected chi connectivity index (χ2v) is 3.91. The molecule has 0 spiro atoms. The number of rotatable bonds is 2. The summed E-state index contributed by atoms with van der Waals surface area (Å²) in [5, 5.41) is 17.8. The van der Waals surface area contributed by atoms with Crippen molar-refractivity contribution < 1.29 is 9.90 Å². The smallest absolute Gasteiger partial charge is 0.335 e. The van der Waals surface area contributed by atoms with Gasteiger partial charge in [-0.05, 0) is 36.2 Å². The zero-order valence-electron chi connectivity index (χ0n) is 9.71. The molecule has 0 aliphatic rings. The van der Waals surface area contributed by atoms with E-state index >= 15 is 0 Å². The number of carbonyl (C=O) groups is 1. The first-order valence-corrected chi connectivity index (χ1v) is 5.31. The van der Waals surface area contributed by atoms with E-state index < -0.39 is 5.97 Å². The SMILES string of the molecule is Cc1ccc(C(=O)O)cc1-c1cncc(C#N)c1. The molecule has 0 aliphatic carbocycles. The van der Waals surface area contributed by atoms with Crippen molar-refractivity contribution in [1.82, 2.24) is 4.98 Å². The Balaban J connectivity index is 2.59. The molecule has 0 radical (unpaired) electrons. The molecule has 4 heteroatoms. The van der Waals surface area contributed by atoms with Gasteiger partial charge >= 0.3 is 5.97 Å². The van der Waals surface area contributed by atoms with Gasteiger partial charge < -0.3 is 5.11 Å². The van der Waals surface area contributed by atoms with E-state index in [0.29, 0.717) is 5.56 Å². The monoisotopic (exact) mass is 238 g/mol. The van der Waals surface area contributed by atoms with E-state index in [0.717, 1.165) is 16.7 Å². The third-order valence-corrected chi connectivity index (χ3v) is 2.66. The topological polar surface area (TPSA) is 74.0 Å². The van der Waals surface area contributed by atoms with E-state index in [1.807, 2.05) is 13.0 Å². The minimum Gasteiger partial charge on any atom is -0.478 e. The largest absolute Gasteiger partial charge is 0.478 e. The lowest BCUT2D eigenvalue weighted by Gasteiger charge is -2.07. The number of hydrogen-bond donors (Lipinski definition) is 1. The highest BCUT2D eigenvalue weighted by Gasteiger charge is 2.08. The number of benzene rings is 1. The normalized spacial score (nSPS) is 9.78. The number of aromatic nitrogens is 1. The molecular formula is C14H10N2O2. The Bertz CT molecular complexity index is 657. The molecule has 1 N–H and O–H groups in total. The van der Waals surface area contributed by atoms with Crippen LogP contribution < -0.4 is 0 Å². The standard InChI is InChI=1S/C14H10N2O2/c1-9-2-3-11(14(17)18)5-13(9)12-4-10(6-15)7-16-8-12/h2-5,7-8H,1H3,(H,17,18). The van der Waals surface area contributed by atoms with Crippen LogP contribution in [-0.4, -0.2) is 16.1 Å². The maximum atomic E-state index is 11.0. The van der Waals surface area contributed by atoms with E-state index in [-0.39, 0.29) is 5.56 Å². The number of aryl methyl sites for hydroxylation is 1. The predicted octanol–water partition coefficient (Wildman–Crippen LogP) is 2.63. The second-order valence-electron chi connectivity index (χ2n) is 3.91. The van der Waals surface area contributed by atoms with Crippen molar-refractivity contribution in [1.29, 1.82) is 5.26 Å². The molecule has 0 amide bonds. The lowest BCUT2D eigenvalue weighted by Crippen LogP contribution is -1.97. The van der Waals surface area contributed by atoms with Crippen molar-refractivity contribution in [2.24, 2.45) is 0 Å². The first kappa shape index (κ1) is 11.8. The van der Waals surface area contributed by atoms with E-state index in [9.17, 15) is 4.79 Å². The summed E-state index contributed by atoms with van der Waals surface area (Å²) in [6.45, 7) is 1.89. The minimum atomic E-state index is -0.972. The lowest BCUT2D eigenvalue weighted by molar-refractivity contribution is 0.0697. The third kappa shape index (κ3) is 2.20. The van der Waals surface area contributed by atoms with Gasteiger partial charge in [-0.3, -0.25) is 4.98 Å². The van der Waals surface area contributed by atoms with Gasteiger partial charge in [0, 0.05) is 18.0 Å². The maximum absolute atomic E-state index is 11.0. The molecule has 0 unspecified atom stereocenters. The van der Waals surface area contributed by atoms with Crippen LogP contribution in [0.1, 0.15) is 21.5 Å². The van der Waals surface area contributed by atoms with Gasteiger partial charge in [0.25, 0.3) is 0 Å². The highest BCUT2D eigenvalue weighted by atomic mass is 16.4. The van der Waals surface area contributed by atoms with Crippen molar-refractivity contribution in [3.63, 3.8) is 0 Å². The molecule has 2 aromatic rings. The average Bonchev–Trinajstić information content (AvgIpc) is 2.39. The molecule has 0 fully saturated rings. The first-order chi connectivity index (χ1) is 8.61. The summed E-state index contributed by atoms with van der Waals surface area (Å²) < 4.78 is 0. The molecule has 0 saturated heterocycles. The van der Waals surface area contributed by atoms with Crippen molar-refractivity contribution in [2.75, 3.05) is 0 Å². The van der Waals surface area contributed by atoms with Crippen molar-refractivity contribution in [3.05, 3.63) is 53.3 Å². The Kier molecular flexibility index (Phi) is 3.07. The zero-order valence-corrected chi connectivity index (χ0v) is 9.71. The predicted molar refractivity (Wildman–Crippen MR) is 66.1 cm³/mol. The maximum Gasteiger partial charge on any atom is 0.335 e. The van der Waals surface area contributed by atoms with Crippen LogP contribution in [0, 0.1) is 18.3 Å². The fourth-order valence-corrected chi connectivity index (χ4v) is 1.71. The first-order valence-electron chi connectivity index (χ1n) is 5.31. The number of aromatic carboxylic acids is 1. The number of carboxylic acid groups (broad SMARTS) is 1. The summed E-state index contributed by atoms with van der Waals surface area (Å²) in [4.78, 5) is 14.9. The van der Waals surface area contributed by atoms with Crippen LogP contribution in [0.4, 0.5) is 0 Å². The zero-order chi connectivity index (χ0) is 13.1. The van der Waals surface area contributed by atoms with Gasteiger partial charge in [0.1, 0.15) is 6.07 Å². The quantitative estimate of drug-likeness (QED) is 0.872. The van der Waals surface area contributed by atoms with Crippen LogP contribution in [0.15, 0.2) is 36.7 Å². The molecule has 1 heterocycles. The number of carboxylic acids is 1. The summed E-state index contributed by atoms with van der Waals surface area (Å²) in [5.41, 5.74) is 3.14. The van der Waals surface area contributed by atoms with Gasteiger partial charge in [-0.25, -0.2) is 4.79 Å². The van der Waals surface area contributed by atoms with E-state index in [1.54, 1.807) is 30.5 Å². The molecule has 1 aromatic carbocycles. The Labute approximate surface area is 104 Å². The molecule has 1 aromatic heterocycles. The van der Waals surface area contributed by atoms with Crippen LogP contribution in [0.3, 0.4) is 0 Å². The number of hydrogen-bond acceptors (Lipinski definition) is 3. The molecule has 2 rings (SSSR count). The highest BCUT2D eigenvalue weighted by Crippen LogP contribution is 2.24. The summed E-state index contributed by atoms with van der Waals surface area (Å²) in [5.74, 6) is -0.972. The van der Waals surface area contributed by atoms with Crippen LogP contribution in [0.25, 0.3) is 11.1 Å². The summed E-state index contributed by atoms with van der Waals surface area (Å²) in [6, 6.07) is 8.61. The van der Waals surface area contributed by atoms with E-state index in [1.165, 1.54) is 6.20 Å². The second kappa shape index (κ2) is 4.68. The van der Waals surface area contributed by atoms with Crippen molar-refractivity contribution >= 4 is 5.97 Å². The molecule has 88 valence electrons. The molecule has 0 aliphatic heterocycles. The molecule has 4 nitrogen and oxygen atoms in total. The van der Waals surface area contributed by atoms with E-state index in [4.69, 9.17) is 10.4 Å². The molecule has 18 heavy (non-hydrogen) atoms. The van der Waals surface area contributed by atoms with Crippen LogP contribution in [0.5, 0.6) is 0 Å². The van der Waals surface area contributed by atoms with Crippen molar-refractivity contribution in [3.8, 4) is 17.2 Å². The number of nitrogens with zero attached hydrogens (tertiary/aromatic N) is 2. The van der Waals surface area contributed by atoms with Crippen LogP contribution >= 0.6 is 0 Å². The van der Waals surface area contributed by atoms with E-state index in [2.05, 4.69) is 4.98 Å². The Morgan fingerprint density at radius 1 is 1.33 bits per heavy atom. The summed E-state index contributed by atoms with van der Waals surface area (Å²) in [6.07, 6.45) is 3.09. The van der Waals surface area contributed by atoms with Crippen molar-refractivity contribution in [2.45, 2.75) is 6.92 Å². The molecular weight excluding hydrogens is 228 g/mol. The van der Waals surface area contributed by atoms with Gasteiger partial charge in [0.15, 0.2) is 0 Å². The van der Waals surface area contributed by atoms with Gasteiger partial charge in [-0.15, -0.1) is 0 Å². The molecule has 0 saturated carbocycles. The van der Waals surface area contributed by atoms with Crippen LogP contribution in [0.2, 0.25) is 0 Å². The molecule has 0 bridgehead atoms. The minimum absolute atomic E-state index is 0.220. The fourth-order valence-electron chi connectivity index (χ4n) is 1.71. The van der Waals surface area contributed by atoms with Gasteiger partial charge in [-0.2, -0.15) is 5.26 Å². The Morgan fingerprint density at radius 3 is 2.78 bits per heavy atom. The lowest BCUT2D eigenvalue weighted by atomic mass is 9.98. The third-order valence-electron chi connectivity index (χ3n) is 2.66. The molecule has 0 atom stereocenters. The van der Waals surface area contributed by atoms with Gasteiger partial charge in [-0.1, -0.05) is 6.07 Å². The average molecular weight is 238 g/mol. The van der Waals surface area contributed by atoms with Gasteiger partial charge in [0.05, 0.1) is 11.1 Å².